The molecular weight excluding hydrogens is 530 g/mol. The Morgan fingerprint density at radius 2 is 1.85 bits per heavy atom. The number of nitrogens with two attached hydrogens (primary N) is 1. The number of pyridine rings is 2. The summed E-state index contributed by atoms with van der Waals surface area (Å²) in [6.07, 6.45) is 8.07. The molecule has 1 fully saturated rings. The van der Waals surface area contributed by atoms with Gasteiger partial charge in [-0.3, -0.25) is 14.2 Å². The lowest BCUT2D eigenvalue weighted by atomic mass is 9.94. The summed E-state index contributed by atoms with van der Waals surface area (Å²) in [7, 11) is -3.12. The number of hydrogen-bond donors (Lipinski definition) is 3. The van der Waals surface area contributed by atoms with Gasteiger partial charge < -0.3 is 16.4 Å². The largest absolute Gasteiger partial charge is 0.366 e. The molecule has 11 nitrogen and oxygen atoms in total. The number of anilines is 2. The maximum absolute atomic E-state index is 13.4. The number of nitriles is 1. The Hall–Kier alpha value is -4.76. The second-order valence-electron chi connectivity index (χ2n) is 9.87. The summed E-state index contributed by atoms with van der Waals surface area (Å²) in [6.45, 7) is 0. The minimum absolute atomic E-state index is 0.164. The summed E-state index contributed by atoms with van der Waals surface area (Å²) in [5.41, 5.74) is 8.04. The number of nitrogens with one attached hydrogen (secondary N) is 2. The zero-order chi connectivity index (χ0) is 28.4. The van der Waals surface area contributed by atoms with E-state index in [-0.39, 0.29) is 22.8 Å². The second kappa shape index (κ2) is 10.8. The highest BCUT2D eigenvalue weighted by molar-refractivity contribution is 7.91. The van der Waals surface area contributed by atoms with Crippen molar-refractivity contribution in [1.29, 1.82) is 5.26 Å². The third-order valence-corrected chi connectivity index (χ3v) is 8.76. The zero-order valence-electron chi connectivity index (χ0n) is 21.7. The van der Waals surface area contributed by atoms with Gasteiger partial charge in [0.2, 0.25) is 5.91 Å². The minimum atomic E-state index is -3.12. The van der Waals surface area contributed by atoms with Crippen LogP contribution in [0.3, 0.4) is 0 Å². The third-order valence-electron chi connectivity index (χ3n) is 7.08. The van der Waals surface area contributed by atoms with Crippen LogP contribution in [0.5, 0.6) is 0 Å². The van der Waals surface area contributed by atoms with Gasteiger partial charge in [0.05, 0.1) is 22.1 Å². The van der Waals surface area contributed by atoms with E-state index < -0.39 is 15.7 Å². The van der Waals surface area contributed by atoms with Gasteiger partial charge in [0.1, 0.15) is 27.4 Å². The molecule has 4 N–H and O–H groups in total. The molecule has 0 aliphatic heterocycles. The lowest BCUT2D eigenvalue weighted by molar-refractivity contribution is 0.0927. The van der Waals surface area contributed by atoms with Crippen molar-refractivity contribution in [2.45, 2.75) is 37.0 Å². The van der Waals surface area contributed by atoms with E-state index in [0.717, 1.165) is 5.39 Å². The van der Waals surface area contributed by atoms with Crippen molar-refractivity contribution in [3.63, 3.8) is 0 Å². The van der Waals surface area contributed by atoms with Crippen molar-refractivity contribution in [2.75, 3.05) is 11.6 Å². The summed E-state index contributed by atoms with van der Waals surface area (Å²) in [4.78, 5) is 34.1. The molecule has 4 aromatic rings. The van der Waals surface area contributed by atoms with Crippen LogP contribution >= 0.6 is 0 Å². The molecule has 1 aromatic carbocycles. The van der Waals surface area contributed by atoms with E-state index in [4.69, 9.17) is 5.73 Å². The average molecular weight is 558 g/mol. The predicted molar refractivity (Wildman–Crippen MR) is 150 cm³/mol. The van der Waals surface area contributed by atoms with E-state index in [1.807, 2.05) is 6.07 Å². The number of nitrogens with zero attached hydrogens (tertiary/aromatic N) is 4. The van der Waals surface area contributed by atoms with Crippen molar-refractivity contribution in [3.8, 4) is 11.9 Å². The Kier molecular flexibility index (Phi) is 7.23. The van der Waals surface area contributed by atoms with Crippen LogP contribution in [-0.2, 0) is 9.84 Å². The topological polar surface area (TPSA) is 173 Å². The van der Waals surface area contributed by atoms with E-state index in [9.17, 15) is 23.3 Å². The molecule has 5 rings (SSSR count). The summed E-state index contributed by atoms with van der Waals surface area (Å²) in [6, 6.07) is 13.8. The normalized spacial score (nSPS) is 17.2. The summed E-state index contributed by atoms with van der Waals surface area (Å²) >= 11 is 0. The number of aromatic nitrogens is 3. The standard InChI is InChI=1S/C28H27N7O4S/c1-40(38,39)22-7-5-20(6-8-22)34-28(37)23-16-31-25(35-10-9-19-11-17(14-29)15-32-27(19)35)13-24(23)33-21-4-2-3-18(12-21)26(30)36/h2-4,9-13,15-16,20,22H,5-8H2,1H3,(H2,30,36)(H,31,33)(H,34,37). The molecule has 40 heavy (non-hydrogen) atoms. The Balaban J connectivity index is 1.47. The first-order valence-corrected chi connectivity index (χ1v) is 14.6. The molecule has 12 heteroatoms. The number of rotatable bonds is 7. The predicted octanol–water partition coefficient (Wildman–Crippen LogP) is 3.22. The van der Waals surface area contributed by atoms with Crippen molar-refractivity contribution >= 4 is 44.1 Å². The van der Waals surface area contributed by atoms with E-state index in [0.29, 0.717) is 59.7 Å². The molecule has 2 amide bonds. The van der Waals surface area contributed by atoms with Crippen molar-refractivity contribution < 1.29 is 18.0 Å². The highest BCUT2D eigenvalue weighted by Gasteiger charge is 2.29. The molecule has 0 spiro atoms. The molecule has 3 heterocycles. The van der Waals surface area contributed by atoms with E-state index in [2.05, 4.69) is 26.7 Å². The van der Waals surface area contributed by atoms with Gasteiger partial charge in [0.15, 0.2) is 0 Å². The summed E-state index contributed by atoms with van der Waals surface area (Å²) in [5, 5.41) is 15.8. The van der Waals surface area contributed by atoms with Gasteiger partial charge in [-0.25, -0.2) is 18.4 Å². The van der Waals surface area contributed by atoms with Crippen LogP contribution in [-0.4, -0.2) is 52.3 Å². The Bertz CT molecular complexity index is 1770. The van der Waals surface area contributed by atoms with Crippen LogP contribution in [0.25, 0.3) is 16.9 Å². The number of sulfone groups is 1. The van der Waals surface area contributed by atoms with Crippen molar-refractivity contribution in [2.24, 2.45) is 5.73 Å². The van der Waals surface area contributed by atoms with E-state index >= 15 is 0 Å². The van der Waals surface area contributed by atoms with Gasteiger partial charge in [-0.1, -0.05) is 6.07 Å². The molecule has 0 atom stereocenters. The van der Waals surface area contributed by atoms with Gasteiger partial charge in [0.25, 0.3) is 5.91 Å². The number of hydrogen-bond acceptors (Lipinski definition) is 8. The first-order valence-electron chi connectivity index (χ1n) is 12.7. The number of carbonyl (C=O) groups is 2. The maximum Gasteiger partial charge on any atom is 0.255 e. The number of primary amides is 1. The minimum Gasteiger partial charge on any atom is -0.366 e. The monoisotopic (exact) mass is 557 g/mol. The first kappa shape index (κ1) is 26.8. The number of amides is 2. The van der Waals surface area contributed by atoms with Gasteiger partial charge in [-0.2, -0.15) is 5.26 Å². The van der Waals surface area contributed by atoms with Gasteiger partial charge in [0, 0.05) is 53.6 Å². The second-order valence-corrected chi connectivity index (χ2v) is 12.2. The molecular formula is C28H27N7O4S. The molecule has 1 aliphatic carbocycles. The van der Waals surface area contributed by atoms with Gasteiger partial charge in [-0.05, 0) is 56.0 Å². The van der Waals surface area contributed by atoms with E-state index in [1.54, 1.807) is 47.2 Å². The fourth-order valence-corrected chi connectivity index (χ4v) is 6.06. The van der Waals surface area contributed by atoms with Crippen molar-refractivity contribution in [3.05, 3.63) is 77.7 Å². The van der Waals surface area contributed by atoms with Crippen LogP contribution in [0.4, 0.5) is 11.4 Å². The molecule has 0 radical (unpaired) electrons. The van der Waals surface area contributed by atoms with E-state index in [1.165, 1.54) is 18.6 Å². The lowest BCUT2D eigenvalue weighted by Crippen LogP contribution is -2.40. The fraction of sp³-hybridized carbons (Fsp3) is 0.250. The zero-order valence-corrected chi connectivity index (χ0v) is 22.5. The molecule has 3 aromatic heterocycles. The van der Waals surface area contributed by atoms with Crippen LogP contribution in [0.2, 0.25) is 0 Å². The Morgan fingerprint density at radius 3 is 2.55 bits per heavy atom. The Labute approximate surface area is 231 Å². The smallest absolute Gasteiger partial charge is 0.255 e. The number of fused-ring (bicyclic) bond motifs is 1. The lowest BCUT2D eigenvalue weighted by Gasteiger charge is -2.28. The van der Waals surface area contributed by atoms with Crippen molar-refractivity contribution in [1.82, 2.24) is 19.9 Å². The quantitative estimate of drug-likeness (QED) is 0.311. The molecule has 0 unspecified atom stereocenters. The fourth-order valence-electron chi connectivity index (χ4n) is 4.93. The molecule has 204 valence electrons. The van der Waals surface area contributed by atoms with Gasteiger partial charge in [-0.15, -0.1) is 0 Å². The van der Waals surface area contributed by atoms with Gasteiger partial charge >= 0.3 is 0 Å². The van der Waals surface area contributed by atoms with Crippen LogP contribution < -0.4 is 16.4 Å². The third kappa shape index (κ3) is 5.64. The number of benzene rings is 1. The number of carbonyl (C=O) groups excluding carboxylic acids is 2. The molecule has 1 aliphatic rings. The SMILES string of the molecule is CS(=O)(=O)C1CCC(NC(=O)c2cnc(-n3ccc4cc(C#N)cnc43)cc2Nc2cccc(C(N)=O)c2)CC1. The van der Waals surface area contributed by atoms with Crippen LogP contribution in [0, 0.1) is 11.3 Å². The highest BCUT2D eigenvalue weighted by Crippen LogP contribution is 2.28. The van der Waals surface area contributed by atoms with Crippen LogP contribution in [0.1, 0.15) is 52.0 Å². The van der Waals surface area contributed by atoms with Crippen LogP contribution in [0.15, 0.2) is 61.1 Å². The maximum atomic E-state index is 13.4. The Morgan fingerprint density at radius 1 is 1.07 bits per heavy atom. The first-order chi connectivity index (χ1) is 19.1. The highest BCUT2D eigenvalue weighted by atomic mass is 32.2. The molecule has 0 saturated heterocycles. The molecule has 1 saturated carbocycles. The summed E-state index contributed by atoms with van der Waals surface area (Å²) in [5.74, 6) is -0.459. The summed E-state index contributed by atoms with van der Waals surface area (Å²) < 4.78 is 25.6. The average Bonchev–Trinajstić information content (AvgIpc) is 3.36. The molecule has 0 bridgehead atoms.